The van der Waals surface area contributed by atoms with Crippen molar-refractivity contribution in [1.82, 2.24) is 14.7 Å². The number of aromatic nitrogens is 2. The lowest BCUT2D eigenvalue weighted by Gasteiger charge is -2.06. The number of sulfonamides is 1. The fraction of sp³-hybridized carbons (Fsp3) is 0.182. The summed E-state index contributed by atoms with van der Waals surface area (Å²) in [6, 6.07) is 2.43. The van der Waals surface area contributed by atoms with Crippen LogP contribution in [-0.4, -0.2) is 24.9 Å². The van der Waals surface area contributed by atoms with Crippen LogP contribution in [-0.2, 0) is 16.4 Å². The van der Waals surface area contributed by atoms with E-state index in [1.165, 1.54) is 0 Å². The Morgan fingerprint density at radius 2 is 2.05 bits per heavy atom. The summed E-state index contributed by atoms with van der Waals surface area (Å²) in [5, 5.41) is 0. The van der Waals surface area contributed by atoms with Crippen molar-refractivity contribution in [2.45, 2.75) is 11.3 Å². The van der Waals surface area contributed by atoms with Crippen molar-refractivity contribution in [1.29, 1.82) is 0 Å². The second kappa shape index (κ2) is 5.45. The molecule has 0 saturated heterocycles. The summed E-state index contributed by atoms with van der Waals surface area (Å²) in [7, 11) is -3.85. The second-order valence-electron chi connectivity index (χ2n) is 3.76. The number of H-pyrrole nitrogens is 1. The third-order valence-electron chi connectivity index (χ3n) is 2.41. The Hall–Kier alpha value is -1.80. The van der Waals surface area contributed by atoms with Crippen molar-refractivity contribution in [2.24, 2.45) is 0 Å². The number of nitrogens with zero attached hydrogens (tertiary/aromatic N) is 1. The van der Waals surface area contributed by atoms with E-state index in [0.29, 0.717) is 18.3 Å². The van der Waals surface area contributed by atoms with Gasteiger partial charge in [0.05, 0.1) is 4.90 Å². The van der Waals surface area contributed by atoms with Gasteiger partial charge in [0.2, 0.25) is 10.0 Å². The number of rotatable bonds is 5. The highest BCUT2D eigenvalue weighted by molar-refractivity contribution is 7.89. The lowest BCUT2D eigenvalue weighted by molar-refractivity contribution is 0.504. The normalized spacial score (nSPS) is 11.7. The zero-order valence-corrected chi connectivity index (χ0v) is 10.5. The fourth-order valence-electron chi connectivity index (χ4n) is 1.47. The number of aromatic amines is 1. The van der Waals surface area contributed by atoms with Gasteiger partial charge < -0.3 is 4.98 Å². The molecular formula is C11H11F2N3O2S. The molecule has 19 heavy (non-hydrogen) atoms. The molecule has 1 aromatic carbocycles. The SMILES string of the molecule is O=S(=O)(NCCc1ncc[nH]1)c1ccc(F)c(F)c1. The molecule has 0 bridgehead atoms. The topological polar surface area (TPSA) is 74.8 Å². The van der Waals surface area contributed by atoms with Crippen LogP contribution in [0, 0.1) is 11.6 Å². The zero-order chi connectivity index (χ0) is 13.9. The van der Waals surface area contributed by atoms with Gasteiger partial charge in [0, 0.05) is 25.4 Å². The molecule has 2 aromatic rings. The van der Waals surface area contributed by atoms with Gasteiger partial charge in [-0.3, -0.25) is 0 Å². The van der Waals surface area contributed by atoms with Crippen LogP contribution in [0.2, 0.25) is 0 Å². The Bertz CT molecular complexity index is 657. The summed E-state index contributed by atoms with van der Waals surface area (Å²) in [5.41, 5.74) is 0. The van der Waals surface area contributed by atoms with Crippen molar-refractivity contribution in [3.8, 4) is 0 Å². The van der Waals surface area contributed by atoms with Crippen LogP contribution in [0.4, 0.5) is 8.78 Å². The quantitative estimate of drug-likeness (QED) is 0.868. The molecule has 0 fully saturated rings. The summed E-state index contributed by atoms with van der Waals surface area (Å²) in [4.78, 5) is 6.44. The number of halogens is 2. The number of imidazole rings is 1. The van der Waals surface area contributed by atoms with Crippen molar-refractivity contribution >= 4 is 10.0 Å². The highest BCUT2D eigenvalue weighted by Crippen LogP contribution is 2.13. The monoisotopic (exact) mass is 287 g/mol. The van der Waals surface area contributed by atoms with E-state index in [1.54, 1.807) is 12.4 Å². The van der Waals surface area contributed by atoms with Gasteiger partial charge in [0.25, 0.3) is 0 Å². The van der Waals surface area contributed by atoms with E-state index in [0.717, 1.165) is 12.1 Å². The first-order valence-corrected chi connectivity index (χ1v) is 6.90. The molecule has 2 N–H and O–H groups in total. The minimum Gasteiger partial charge on any atom is -0.349 e. The molecule has 5 nitrogen and oxygen atoms in total. The van der Waals surface area contributed by atoms with Gasteiger partial charge in [-0.15, -0.1) is 0 Å². The average molecular weight is 287 g/mol. The van der Waals surface area contributed by atoms with Crippen LogP contribution in [0.1, 0.15) is 5.82 Å². The van der Waals surface area contributed by atoms with Gasteiger partial charge in [-0.25, -0.2) is 26.9 Å². The van der Waals surface area contributed by atoms with E-state index in [9.17, 15) is 17.2 Å². The van der Waals surface area contributed by atoms with Gasteiger partial charge in [0.1, 0.15) is 5.82 Å². The van der Waals surface area contributed by atoms with Gasteiger partial charge >= 0.3 is 0 Å². The van der Waals surface area contributed by atoms with Crippen LogP contribution in [0.15, 0.2) is 35.5 Å². The van der Waals surface area contributed by atoms with Crippen molar-refractivity contribution in [3.63, 3.8) is 0 Å². The summed E-state index contributed by atoms with van der Waals surface area (Å²) in [6.07, 6.45) is 3.55. The molecule has 0 atom stereocenters. The number of hydrogen-bond acceptors (Lipinski definition) is 3. The molecule has 0 radical (unpaired) electrons. The zero-order valence-electron chi connectivity index (χ0n) is 9.73. The molecule has 0 aliphatic carbocycles. The highest BCUT2D eigenvalue weighted by Gasteiger charge is 2.15. The van der Waals surface area contributed by atoms with Crippen molar-refractivity contribution in [2.75, 3.05) is 6.54 Å². The fourth-order valence-corrected chi connectivity index (χ4v) is 2.51. The predicted molar refractivity (Wildman–Crippen MR) is 63.8 cm³/mol. The molecule has 102 valence electrons. The molecular weight excluding hydrogens is 276 g/mol. The smallest absolute Gasteiger partial charge is 0.240 e. The van der Waals surface area contributed by atoms with Crippen LogP contribution >= 0.6 is 0 Å². The number of benzene rings is 1. The molecule has 1 aromatic heterocycles. The summed E-state index contributed by atoms with van der Waals surface area (Å²) in [6.45, 7) is 0.106. The first-order chi connectivity index (χ1) is 8.99. The van der Waals surface area contributed by atoms with Gasteiger partial charge in [0.15, 0.2) is 11.6 Å². The van der Waals surface area contributed by atoms with E-state index in [-0.39, 0.29) is 11.4 Å². The molecule has 2 rings (SSSR count). The Labute approximate surface area is 108 Å². The summed E-state index contributed by atoms with van der Waals surface area (Å²) < 4.78 is 51.6. The summed E-state index contributed by atoms with van der Waals surface area (Å²) >= 11 is 0. The maximum absolute atomic E-state index is 13.0. The van der Waals surface area contributed by atoms with E-state index >= 15 is 0 Å². The minimum atomic E-state index is -3.85. The lowest BCUT2D eigenvalue weighted by Crippen LogP contribution is -2.26. The molecule has 0 spiro atoms. The first-order valence-electron chi connectivity index (χ1n) is 5.42. The van der Waals surface area contributed by atoms with Crippen LogP contribution in [0.3, 0.4) is 0 Å². The van der Waals surface area contributed by atoms with Crippen LogP contribution < -0.4 is 4.72 Å². The third-order valence-corrected chi connectivity index (χ3v) is 3.87. The summed E-state index contributed by atoms with van der Waals surface area (Å²) in [5.74, 6) is -1.66. The predicted octanol–water partition coefficient (Wildman–Crippen LogP) is 1.21. The average Bonchev–Trinajstić information content (AvgIpc) is 2.85. The van der Waals surface area contributed by atoms with Gasteiger partial charge in [-0.2, -0.15) is 0 Å². The lowest BCUT2D eigenvalue weighted by atomic mass is 10.3. The van der Waals surface area contributed by atoms with E-state index in [2.05, 4.69) is 14.7 Å². The van der Waals surface area contributed by atoms with Crippen LogP contribution in [0.25, 0.3) is 0 Å². The Kier molecular flexibility index (Phi) is 3.91. The molecule has 0 aliphatic rings. The molecule has 0 unspecified atom stereocenters. The largest absolute Gasteiger partial charge is 0.349 e. The Morgan fingerprint density at radius 3 is 2.68 bits per heavy atom. The van der Waals surface area contributed by atoms with Crippen molar-refractivity contribution < 1.29 is 17.2 Å². The standard InChI is InChI=1S/C11H11F2N3O2S/c12-9-2-1-8(7-10(9)13)19(17,18)16-4-3-11-14-5-6-15-11/h1-2,5-7,16H,3-4H2,(H,14,15). The van der Waals surface area contributed by atoms with E-state index in [4.69, 9.17) is 0 Å². The minimum absolute atomic E-state index is 0.106. The molecule has 0 amide bonds. The van der Waals surface area contributed by atoms with E-state index in [1.807, 2.05) is 0 Å². The third kappa shape index (κ3) is 3.36. The van der Waals surface area contributed by atoms with Crippen molar-refractivity contribution in [3.05, 3.63) is 48.1 Å². The van der Waals surface area contributed by atoms with E-state index < -0.39 is 21.7 Å². The van der Waals surface area contributed by atoms with Gasteiger partial charge in [-0.1, -0.05) is 0 Å². The highest BCUT2D eigenvalue weighted by atomic mass is 32.2. The second-order valence-corrected chi connectivity index (χ2v) is 5.53. The molecule has 0 saturated carbocycles. The number of hydrogen-bond donors (Lipinski definition) is 2. The Morgan fingerprint density at radius 1 is 1.26 bits per heavy atom. The molecule has 1 heterocycles. The Balaban J connectivity index is 2.03. The maximum Gasteiger partial charge on any atom is 0.240 e. The maximum atomic E-state index is 13.0. The molecule has 8 heteroatoms. The van der Waals surface area contributed by atoms with Crippen LogP contribution in [0.5, 0.6) is 0 Å². The molecule has 0 aliphatic heterocycles. The first kappa shape index (κ1) is 13.6. The number of nitrogens with one attached hydrogen (secondary N) is 2. The van der Waals surface area contributed by atoms with Gasteiger partial charge in [-0.05, 0) is 18.2 Å².